The van der Waals surface area contributed by atoms with E-state index in [1.54, 1.807) is 12.3 Å². The summed E-state index contributed by atoms with van der Waals surface area (Å²) in [5.74, 6) is 1.02. The summed E-state index contributed by atoms with van der Waals surface area (Å²) in [4.78, 5) is 4.27. The van der Waals surface area contributed by atoms with E-state index in [0.29, 0.717) is 0 Å². The smallest absolute Gasteiger partial charge is 0.129 e. The van der Waals surface area contributed by atoms with Crippen molar-refractivity contribution in [2.24, 2.45) is 0 Å². The van der Waals surface area contributed by atoms with Crippen molar-refractivity contribution in [3.63, 3.8) is 0 Å². The van der Waals surface area contributed by atoms with E-state index in [9.17, 15) is 0 Å². The molecule has 2 heteroatoms. The van der Waals surface area contributed by atoms with Gasteiger partial charge in [-0.15, -0.1) is 0 Å². The summed E-state index contributed by atoms with van der Waals surface area (Å²) >= 11 is 0. The molecule has 2 nitrogen and oxygen atoms in total. The van der Waals surface area contributed by atoms with Crippen LogP contribution in [0.3, 0.4) is 0 Å². The van der Waals surface area contributed by atoms with Crippen molar-refractivity contribution in [3.05, 3.63) is 30.0 Å². The predicted octanol–water partition coefficient (Wildman–Crippen LogP) is 1.89. The molecule has 0 atom stereocenters. The third kappa shape index (κ3) is 1.20. The second-order valence-electron chi connectivity index (χ2n) is 2.97. The monoisotopic (exact) mass is 159 g/mol. The topological polar surface area (TPSA) is 24.9 Å². The number of aromatic nitrogens is 1. The van der Waals surface area contributed by atoms with Gasteiger partial charge in [0.1, 0.15) is 5.82 Å². The van der Waals surface area contributed by atoms with E-state index in [-0.39, 0.29) is 0 Å². The number of nitrogens with one attached hydrogen (secondary N) is 1. The van der Waals surface area contributed by atoms with Gasteiger partial charge in [0.25, 0.3) is 0 Å². The number of fused-ring (bicyclic) bond motifs is 1. The fraction of sp³-hybridized carbons (Fsp3) is 0.300. The first-order valence-corrected chi connectivity index (χ1v) is 4.18. The molecule has 0 saturated carbocycles. The molecular weight excluding hydrogens is 148 g/mol. The lowest BCUT2D eigenvalue weighted by Crippen LogP contribution is -2.13. The molecule has 1 aliphatic rings. The molecule has 0 amide bonds. The highest BCUT2D eigenvalue weighted by molar-refractivity contribution is 5.54. The highest BCUT2D eigenvalue weighted by Gasteiger charge is 2.08. The molecular formula is C10H11N2. The lowest BCUT2D eigenvalue weighted by atomic mass is 10.1. The molecule has 0 saturated heterocycles. The standard InChI is InChI=1S/C10H11N2/c1-2-8-6-9-4-3-5-11-10(9)12-7-8/h1-2,6-7H,3-5H2,(H,11,12). The van der Waals surface area contributed by atoms with Gasteiger partial charge in [0, 0.05) is 12.7 Å². The van der Waals surface area contributed by atoms with Gasteiger partial charge < -0.3 is 5.32 Å². The highest BCUT2D eigenvalue weighted by Crippen LogP contribution is 2.20. The molecule has 1 aromatic heterocycles. The van der Waals surface area contributed by atoms with Gasteiger partial charge in [0.05, 0.1) is 0 Å². The number of hydrogen-bond acceptors (Lipinski definition) is 2. The van der Waals surface area contributed by atoms with Crippen molar-refractivity contribution < 1.29 is 0 Å². The van der Waals surface area contributed by atoms with Crippen LogP contribution in [0.25, 0.3) is 6.08 Å². The number of hydrogen-bond donors (Lipinski definition) is 1. The molecule has 1 aromatic rings. The molecule has 0 unspecified atom stereocenters. The van der Waals surface area contributed by atoms with Crippen LogP contribution in [0.2, 0.25) is 0 Å². The largest absolute Gasteiger partial charge is 0.370 e. The van der Waals surface area contributed by atoms with Gasteiger partial charge in [0.2, 0.25) is 0 Å². The third-order valence-corrected chi connectivity index (χ3v) is 2.10. The van der Waals surface area contributed by atoms with Crippen molar-refractivity contribution in [1.29, 1.82) is 0 Å². The molecule has 61 valence electrons. The van der Waals surface area contributed by atoms with Crippen LogP contribution < -0.4 is 5.32 Å². The summed E-state index contributed by atoms with van der Waals surface area (Å²) in [6.07, 6.45) is 5.67. The number of anilines is 1. The van der Waals surface area contributed by atoms with Gasteiger partial charge in [-0.1, -0.05) is 12.7 Å². The Morgan fingerprint density at radius 3 is 3.33 bits per heavy atom. The van der Waals surface area contributed by atoms with Crippen LogP contribution in [0.5, 0.6) is 0 Å². The predicted molar refractivity (Wildman–Crippen MR) is 49.8 cm³/mol. The zero-order chi connectivity index (χ0) is 8.39. The van der Waals surface area contributed by atoms with E-state index in [1.165, 1.54) is 12.0 Å². The molecule has 1 radical (unpaired) electrons. The Morgan fingerprint density at radius 2 is 2.50 bits per heavy atom. The Bertz CT molecular complexity index is 305. The van der Waals surface area contributed by atoms with E-state index in [2.05, 4.69) is 16.4 Å². The average molecular weight is 159 g/mol. The molecule has 0 fully saturated rings. The summed E-state index contributed by atoms with van der Waals surface area (Å²) in [6.45, 7) is 6.43. The number of pyridine rings is 1. The van der Waals surface area contributed by atoms with Crippen molar-refractivity contribution in [1.82, 2.24) is 4.98 Å². The molecule has 1 N–H and O–H groups in total. The number of aryl methyl sites for hydroxylation is 1. The van der Waals surface area contributed by atoms with E-state index < -0.39 is 0 Å². The maximum absolute atomic E-state index is 5.40. The van der Waals surface area contributed by atoms with Gasteiger partial charge in [0.15, 0.2) is 0 Å². The summed E-state index contributed by atoms with van der Waals surface area (Å²) in [7, 11) is 0. The van der Waals surface area contributed by atoms with Crippen molar-refractivity contribution in [2.45, 2.75) is 12.8 Å². The normalized spacial score (nSPS) is 14.7. The van der Waals surface area contributed by atoms with E-state index in [4.69, 9.17) is 6.58 Å². The van der Waals surface area contributed by atoms with Crippen LogP contribution in [0.15, 0.2) is 12.3 Å². The van der Waals surface area contributed by atoms with E-state index in [0.717, 1.165) is 24.3 Å². The number of nitrogens with zero attached hydrogens (tertiary/aromatic N) is 1. The second kappa shape index (κ2) is 2.97. The summed E-state index contributed by atoms with van der Waals surface area (Å²) in [5.41, 5.74) is 2.28. The van der Waals surface area contributed by atoms with Crippen molar-refractivity contribution >= 4 is 11.9 Å². The molecule has 2 rings (SSSR count). The molecule has 0 aromatic carbocycles. The Kier molecular flexibility index (Phi) is 1.82. The van der Waals surface area contributed by atoms with Gasteiger partial charge in [-0.2, -0.15) is 0 Å². The molecule has 0 aliphatic carbocycles. The van der Waals surface area contributed by atoms with Crippen LogP contribution in [0.4, 0.5) is 5.82 Å². The fourth-order valence-electron chi connectivity index (χ4n) is 1.46. The minimum Gasteiger partial charge on any atom is -0.370 e. The summed E-state index contributed by atoms with van der Waals surface area (Å²) in [5, 5.41) is 3.25. The SMILES string of the molecule is [CH]=Cc1cnc2c(c1)CCCN2. The van der Waals surface area contributed by atoms with Crippen LogP contribution in [-0.4, -0.2) is 11.5 Å². The molecule has 2 heterocycles. The highest BCUT2D eigenvalue weighted by atomic mass is 15.0. The van der Waals surface area contributed by atoms with Crippen LogP contribution in [0.1, 0.15) is 17.5 Å². The molecule has 0 bridgehead atoms. The average Bonchev–Trinajstić information content (AvgIpc) is 2.17. The first kappa shape index (κ1) is 7.35. The maximum Gasteiger partial charge on any atom is 0.129 e. The Labute approximate surface area is 72.3 Å². The van der Waals surface area contributed by atoms with Crippen molar-refractivity contribution in [3.8, 4) is 0 Å². The lowest BCUT2D eigenvalue weighted by molar-refractivity contribution is 0.817. The fourth-order valence-corrected chi connectivity index (χ4v) is 1.46. The summed E-state index contributed by atoms with van der Waals surface area (Å²) in [6, 6.07) is 2.09. The second-order valence-corrected chi connectivity index (χ2v) is 2.97. The molecule has 0 spiro atoms. The Morgan fingerprint density at radius 1 is 1.58 bits per heavy atom. The zero-order valence-corrected chi connectivity index (χ0v) is 6.88. The molecule has 1 aliphatic heterocycles. The van der Waals surface area contributed by atoms with Crippen molar-refractivity contribution in [2.75, 3.05) is 11.9 Å². The quantitative estimate of drug-likeness (QED) is 0.676. The van der Waals surface area contributed by atoms with Gasteiger partial charge in [-0.3, -0.25) is 0 Å². The number of rotatable bonds is 1. The Hall–Kier alpha value is -1.31. The lowest BCUT2D eigenvalue weighted by Gasteiger charge is -2.16. The van der Waals surface area contributed by atoms with E-state index in [1.807, 2.05) is 0 Å². The van der Waals surface area contributed by atoms with Gasteiger partial charge >= 0.3 is 0 Å². The van der Waals surface area contributed by atoms with Gasteiger partial charge in [-0.25, -0.2) is 4.98 Å². The van der Waals surface area contributed by atoms with Crippen LogP contribution >= 0.6 is 0 Å². The van der Waals surface area contributed by atoms with E-state index >= 15 is 0 Å². The maximum atomic E-state index is 5.40. The minimum absolute atomic E-state index is 0.998. The first-order chi connectivity index (χ1) is 5.90. The first-order valence-electron chi connectivity index (χ1n) is 4.18. The van der Waals surface area contributed by atoms with Crippen LogP contribution in [-0.2, 0) is 6.42 Å². The summed E-state index contributed by atoms with van der Waals surface area (Å²) < 4.78 is 0. The van der Waals surface area contributed by atoms with Crippen LogP contribution in [0, 0.1) is 6.58 Å². The minimum atomic E-state index is 0.998. The van der Waals surface area contributed by atoms with Gasteiger partial charge in [-0.05, 0) is 30.0 Å². The zero-order valence-electron chi connectivity index (χ0n) is 6.88. The third-order valence-electron chi connectivity index (χ3n) is 2.10. The molecule has 12 heavy (non-hydrogen) atoms. The Balaban J connectivity index is 2.42.